The van der Waals surface area contributed by atoms with Gasteiger partial charge in [0.2, 0.25) is 0 Å². The van der Waals surface area contributed by atoms with Crippen molar-refractivity contribution in [1.29, 1.82) is 0 Å². The normalized spacial score (nSPS) is 18.0. The monoisotopic (exact) mass is 419 g/mol. The van der Waals surface area contributed by atoms with Crippen molar-refractivity contribution in [3.63, 3.8) is 0 Å². The quantitative estimate of drug-likeness (QED) is 0.696. The first kappa shape index (κ1) is 20.6. The molecule has 2 unspecified atom stereocenters. The Kier molecular flexibility index (Phi) is 5.93. The Labute approximate surface area is 169 Å². The topological polar surface area (TPSA) is 97.5 Å². The van der Waals surface area contributed by atoms with Crippen molar-refractivity contribution in [2.24, 2.45) is 11.7 Å². The summed E-state index contributed by atoms with van der Waals surface area (Å²) < 4.78 is 25.7. The van der Waals surface area contributed by atoms with Crippen LogP contribution in [0, 0.1) is 5.92 Å². The number of hydrogen-bond acceptors (Lipinski definition) is 4. The minimum atomic E-state index is -3.67. The minimum absolute atomic E-state index is 0.165. The number of benzene rings is 2. The fourth-order valence-electron chi connectivity index (χ4n) is 3.55. The third kappa shape index (κ3) is 4.14. The molecule has 2 aromatic carbocycles. The van der Waals surface area contributed by atoms with Gasteiger partial charge >= 0.3 is 5.97 Å². The zero-order valence-corrected chi connectivity index (χ0v) is 17.0. The maximum atomic E-state index is 12.9. The van der Waals surface area contributed by atoms with E-state index in [2.05, 4.69) is 0 Å². The maximum absolute atomic E-state index is 12.9. The van der Waals surface area contributed by atoms with Gasteiger partial charge in [-0.2, -0.15) is 0 Å². The molecule has 5 nitrogen and oxygen atoms in total. The van der Waals surface area contributed by atoms with Crippen molar-refractivity contribution in [1.82, 2.24) is 0 Å². The smallest absolute Gasteiger partial charge is 0.331 e. The van der Waals surface area contributed by atoms with Gasteiger partial charge in [-0.1, -0.05) is 36.7 Å². The van der Waals surface area contributed by atoms with Crippen molar-refractivity contribution >= 4 is 33.5 Å². The molecule has 148 valence electrons. The van der Waals surface area contributed by atoms with E-state index in [0.29, 0.717) is 29.9 Å². The molecule has 7 heteroatoms. The van der Waals surface area contributed by atoms with Crippen LogP contribution in [-0.4, -0.2) is 24.9 Å². The molecule has 0 bridgehead atoms. The van der Waals surface area contributed by atoms with E-state index >= 15 is 0 Å². The van der Waals surface area contributed by atoms with Crippen LogP contribution < -0.4 is 5.73 Å². The van der Waals surface area contributed by atoms with Crippen molar-refractivity contribution in [2.45, 2.75) is 36.5 Å². The molecule has 1 aliphatic rings. The molecule has 2 aromatic rings. The van der Waals surface area contributed by atoms with Gasteiger partial charge in [0.25, 0.3) is 0 Å². The number of carboxylic acids is 1. The molecule has 0 saturated heterocycles. The molecule has 0 radical (unpaired) electrons. The molecule has 1 aliphatic carbocycles. The van der Waals surface area contributed by atoms with E-state index in [1.54, 1.807) is 13.0 Å². The first-order chi connectivity index (χ1) is 13.2. The number of nitrogens with two attached hydrogens (primary N) is 1. The molecule has 0 saturated carbocycles. The zero-order valence-electron chi connectivity index (χ0n) is 15.4. The summed E-state index contributed by atoms with van der Waals surface area (Å²) in [5.74, 6) is -1.17. The minimum Gasteiger partial charge on any atom is -0.478 e. The number of carbonyl (C=O) groups is 1. The molecular formula is C21H22ClNO4S. The van der Waals surface area contributed by atoms with Crippen LogP contribution in [0.2, 0.25) is 5.02 Å². The van der Waals surface area contributed by atoms with Gasteiger partial charge in [0.15, 0.2) is 9.84 Å². The van der Waals surface area contributed by atoms with Gasteiger partial charge in [0.05, 0.1) is 4.90 Å². The number of rotatable bonds is 6. The molecule has 2 atom stereocenters. The Balaban J connectivity index is 1.82. The third-order valence-electron chi connectivity index (χ3n) is 5.16. The summed E-state index contributed by atoms with van der Waals surface area (Å²) in [7, 11) is -3.67. The van der Waals surface area contributed by atoms with Gasteiger partial charge in [-0.25, -0.2) is 13.2 Å². The molecule has 0 heterocycles. The van der Waals surface area contributed by atoms with Crippen molar-refractivity contribution in [3.8, 4) is 0 Å². The second-order valence-electron chi connectivity index (χ2n) is 6.99. The Morgan fingerprint density at radius 1 is 1.21 bits per heavy atom. The van der Waals surface area contributed by atoms with E-state index in [9.17, 15) is 18.3 Å². The van der Waals surface area contributed by atoms with Crippen LogP contribution in [0.25, 0.3) is 6.08 Å². The Hall–Kier alpha value is -2.15. The average molecular weight is 420 g/mol. The predicted molar refractivity (Wildman–Crippen MR) is 110 cm³/mol. The maximum Gasteiger partial charge on any atom is 0.331 e. The number of sulfone groups is 1. The SMILES string of the molecule is CC/C(=C\c1ccc2c(c1)CC(C(N)S(=O)(=O)c1ccc(Cl)cc1)C2)C(=O)O. The van der Waals surface area contributed by atoms with Crippen LogP contribution in [0.4, 0.5) is 0 Å². The predicted octanol–water partition coefficient (Wildman–Crippen LogP) is 3.69. The number of halogens is 1. The van der Waals surface area contributed by atoms with Gasteiger partial charge < -0.3 is 10.8 Å². The Bertz CT molecular complexity index is 1030. The van der Waals surface area contributed by atoms with Gasteiger partial charge in [0, 0.05) is 10.6 Å². The zero-order chi connectivity index (χ0) is 20.5. The number of hydrogen-bond donors (Lipinski definition) is 2. The second kappa shape index (κ2) is 8.07. The molecule has 28 heavy (non-hydrogen) atoms. The van der Waals surface area contributed by atoms with Gasteiger partial charge in [-0.05, 0) is 72.2 Å². The summed E-state index contributed by atoms with van der Waals surface area (Å²) >= 11 is 5.84. The highest BCUT2D eigenvalue weighted by molar-refractivity contribution is 7.92. The number of aliphatic carboxylic acids is 1. The Morgan fingerprint density at radius 3 is 2.46 bits per heavy atom. The van der Waals surface area contributed by atoms with Crippen molar-refractivity contribution in [2.75, 3.05) is 0 Å². The first-order valence-electron chi connectivity index (χ1n) is 9.03. The van der Waals surface area contributed by atoms with E-state index in [-0.39, 0.29) is 10.8 Å². The lowest BCUT2D eigenvalue weighted by molar-refractivity contribution is -0.132. The average Bonchev–Trinajstić information content (AvgIpc) is 3.08. The molecule has 0 aliphatic heterocycles. The highest BCUT2D eigenvalue weighted by Gasteiger charge is 2.35. The molecule has 0 fully saturated rings. The largest absolute Gasteiger partial charge is 0.478 e. The van der Waals surface area contributed by atoms with Crippen LogP contribution in [0.1, 0.15) is 30.0 Å². The van der Waals surface area contributed by atoms with Crippen LogP contribution in [0.15, 0.2) is 52.9 Å². The van der Waals surface area contributed by atoms with Crippen LogP contribution in [0.5, 0.6) is 0 Å². The lowest BCUT2D eigenvalue weighted by Crippen LogP contribution is -2.38. The molecule has 3 N–H and O–H groups in total. The highest BCUT2D eigenvalue weighted by Crippen LogP contribution is 2.33. The molecule has 3 rings (SSSR count). The lowest BCUT2D eigenvalue weighted by Gasteiger charge is -2.19. The van der Waals surface area contributed by atoms with Crippen LogP contribution >= 0.6 is 11.6 Å². The summed E-state index contributed by atoms with van der Waals surface area (Å²) in [5, 5.41) is 8.64. The van der Waals surface area contributed by atoms with E-state index in [4.69, 9.17) is 17.3 Å². The molecule has 0 spiro atoms. The van der Waals surface area contributed by atoms with E-state index in [0.717, 1.165) is 16.7 Å². The van der Waals surface area contributed by atoms with Gasteiger partial charge in [-0.3, -0.25) is 0 Å². The fraction of sp³-hybridized carbons (Fsp3) is 0.286. The first-order valence-corrected chi connectivity index (χ1v) is 11.0. The second-order valence-corrected chi connectivity index (χ2v) is 9.53. The third-order valence-corrected chi connectivity index (χ3v) is 7.44. The molecule has 0 amide bonds. The van der Waals surface area contributed by atoms with E-state index in [1.165, 1.54) is 24.3 Å². The van der Waals surface area contributed by atoms with Gasteiger partial charge in [0.1, 0.15) is 5.37 Å². The molecule has 0 aromatic heterocycles. The van der Waals surface area contributed by atoms with Crippen molar-refractivity contribution < 1.29 is 18.3 Å². The number of fused-ring (bicyclic) bond motifs is 1. The van der Waals surface area contributed by atoms with Gasteiger partial charge in [-0.15, -0.1) is 0 Å². The summed E-state index contributed by atoms with van der Waals surface area (Å²) in [5.41, 5.74) is 9.37. The van der Waals surface area contributed by atoms with Crippen molar-refractivity contribution in [3.05, 3.63) is 69.8 Å². The van der Waals surface area contributed by atoms with E-state index in [1.807, 2.05) is 18.2 Å². The van der Waals surface area contributed by atoms with Crippen LogP contribution in [-0.2, 0) is 27.5 Å². The Morgan fingerprint density at radius 2 is 1.86 bits per heavy atom. The standard InChI is InChI=1S/C21H22ClNO4S/c1-2-14(21(24)25)9-13-3-4-15-11-17(12-16(15)10-13)20(23)28(26,27)19-7-5-18(22)6-8-19/h3-10,17,20H,2,11-12,23H2,1H3,(H,24,25)/b14-9+. The number of carboxylic acid groups (broad SMARTS) is 1. The highest BCUT2D eigenvalue weighted by atomic mass is 35.5. The lowest BCUT2D eigenvalue weighted by atomic mass is 10.0. The summed E-state index contributed by atoms with van der Waals surface area (Å²) in [6.45, 7) is 1.80. The van der Waals surface area contributed by atoms with Crippen LogP contribution in [0.3, 0.4) is 0 Å². The van der Waals surface area contributed by atoms with E-state index < -0.39 is 21.2 Å². The summed E-state index contributed by atoms with van der Waals surface area (Å²) in [6, 6.07) is 11.7. The summed E-state index contributed by atoms with van der Waals surface area (Å²) in [4.78, 5) is 11.4. The fourth-order valence-corrected chi connectivity index (χ4v) is 5.20. The summed E-state index contributed by atoms with van der Waals surface area (Å²) in [6.07, 6.45) is 3.20. The molecular weight excluding hydrogens is 398 g/mol.